The van der Waals surface area contributed by atoms with Crippen LogP contribution in [0.4, 0.5) is 21.7 Å². The standard InChI is InChI=1S/C21H21FN8O3/c1-11-21(33-10-24-11)29-7-3-4-15(20(29)32)26-16-8-17(23-2)30-18(28-16)12(9-25-30)19(31)27-14-6-5-13(14)22/h3-4,7-10,13-14,23H,5-6H2,1-2H3,(H,26,28)(H,27,31)/t13-,14?/m0/s1. The lowest BCUT2D eigenvalue weighted by molar-refractivity contribution is 0.0826. The van der Waals surface area contributed by atoms with Gasteiger partial charge in [-0.25, -0.2) is 14.4 Å². The fourth-order valence-electron chi connectivity index (χ4n) is 3.65. The lowest BCUT2D eigenvalue weighted by Crippen LogP contribution is -2.48. The average Bonchev–Trinajstić information content (AvgIpc) is 3.43. The summed E-state index contributed by atoms with van der Waals surface area (Å²) in [6, 6.07) is 4.45. The number of aryl methyl sites for hydroxylation is 1. The molecule has 33 heavy (non-hydrogen) atoms. The van der Waals surface area contributed by atoms with Gasteiger partial charge in [0.1, 0.15) is 34.8 Å². The first-order valence-corrected chi connectivity index (χ1v) is 10.4. The lowest BCUT2D eigenvalue weighted by Gasteiger charge is -2.30. The van der Waals surface area contributed by atoms with Crippen LogP contribution in [-0.2, 0) is 0 Å². The number of hydrogen-bond donors (Lipinski definition) is 3. The molecule has 12 heteroatoms. The van der Waals surface area contributed by atoms with Crippen LogP contribution in [0.1, 0.15) is 28.9 Å². The van der Waals surface area contributed by atoms with E-state index < -0.39 is 18.1 Å². The molecule has 1 aliphatic rings. The fourth-order valence-corrected chi connectivity index (χ4v) is 3.65. The Kier molecular flexibility index (Phi) is 5.04. The highest BCUT2D eigenvalue weighted by atomic mass is 19.1. The van der Waals surface area contributed by atoms with Crippen molar-refractivity contribution in [2.24, 2.45) is 0 Å². The second kappa shape index (κ2) is 8.04. The van der Waals surface area contributed by atoms with E-state index in [9.17, 15) is 14.0 Å². The lowest BCUT2D eigenvalue weighted by atomic mass is 9.90. The summed E-state index contributed by atoms with van der Waals surface area (Å²) in [6.07, 6.45) is 4.23. The number of aromatic nitrogens is 5. The number of nitrogens with zero attached hydrogens (tertiary/aromatic N) is 5. The van der Waals surface area contributed by atoms with Gasteiger partial charge < -0.3 is 20.4 Å². The topological polar surface area (TPSA) is 131 Å². The van der Waals surface area contributed by atoms with Crippen LogP contribution >= 0.6 is 0 Å². The Balaban J connectivity index is 1.51. The Bertz CT molecular complexity index is 1410. The molecular weight excluding hydrogens is 431 g/mol. The number of alkyl halides is 1. The molecule has 0 aromatic carbocycles. The van der Waals surface area contributed by atoms with Crippen molar-refractivity contribution in [2.45, 2.75) is 32.0 Å². The molecule has 170 valence electrons. The molecule has 4 aromatic rings. The third kappa shape index (κ3) is 3.58. The van der Waals surface area contributed by atoms with Crippen LogP contribution in [0.15, 0.2) is 46.2 Å². The van der Waals surface area contributed by atoms with Crippen LogP contribution < -0.4 is 21.5 Å². The number of halogens is 1. The molecule has 0 aliphatic heterocycles. The second-order valence-corrected chi connectivity index (χ2v) is 7.71. The van der Waals surface area contributed by atoms with Crippen LogP contribution in [0.2, 0.25) is 0 Å². The molecule has 1 amide bonds. The predicted molar refractivity (Wildman–Crippen MR) is 118 cm³/mol. The van der Waals surface area contributed by atoms with E-state index >= 15 is 0 Å². The Morgan fingerprint density at radius 2 is 2.18 bits per heavy atom. The molecule has 5 rings (SSSR count). The van der Waals surface area contributed by atoms with E-state index in [-0.39, 0.29) is 22.5 Å². The van der Waals surface area contributed by atoms with Crippen molar-refractivity contribution in [1.29, 1.82) is 0 Å². The molecule has 3 N–H and O–H groups in total. The van der Waals surface area contributed by atoms with Gasteiger partial charge in [0, 0.05) is 19.3 Å². The molecule has 0 bridgehead atoms. The molecule has 1 aliphatic carbocycles. The van der Waals surface area contributed by atoms with Crippen molar-refractivity contribution in [3.8, 4) is 5.88 Å². The van der Waals surface area contributed by atoms with E-state index in [1.54, 1.807) is 38.4 Å². The van der Waals surface area contributed by atoms with Crippen LogP contribution in [0.3, 0.4) is 0 Å². The summed E-state index contributed by atoms with van der Waals surface area (Å²) >= 11 is 0. The van der Waals surface area contributed by atoms with Crippen molar-refractivity contribution in [3.63, 3.8) is 0 Å². The summed E-state index contributed by atoms with van der Waals surface area (Å²) in [4.78, 5) is 34.2. The first kappa shape index (κ1) is 20.7. The zero-order valence-corrected chi connectivity index (χ0v) is 17.9. The molecule has 1 unspecified atom stereocenters. The zero-order valence-electron chi connectivity index (χ0n) is 17.9. The summed E-state index contributed by atoms with van der Waals surface area (Å²) in [7, 11) is 1.70. The van der Waals surface area contributed by atoms with Crippen molar-refractivity contribution < 1.29 is 13.6 Å². The summed E-state index contributed by atoms with van der Waals surface area (Å²) in [5, 5.41) is 12.9. The van der Waals surface area contributed by atoms with Gasteiger partial charge in [-0.3, -0.25) is 14.2 Å². The van der Waals surface area contributed by atoms with Crippen molar-refractivity contribution in [3.05, 3.63) is 58.6 Å². The number of pyridine rings is 1. The van der Waals surface area contributed by atoms with Gasteiger partial charge in [-0.1, -0.05) is 0 Å². The summed E-state index contributed by atoms with van der Waals surface area (Å²) in [5.74, 6) is 0.722. The van der Waals surface area contributed by atoms with Gasteiger partial charge in [0.2, 0.25) is 5.88 Å². The molecule has 1 saturated carbocycles. The molecule has 0 spiro atoms. The predicted octanol–water partition coefficient (Wildman–Crippen LogP) is 2.19. The normalized spacial score (nSPS) is 17.5. The summed E-state index contributed by atoms with van der Waals surface area (Å²) < 4.78 is 21.7. The molecule has 0 saturated heterocycles. The van der Waals surface area contributed by atoms with Gasteiger partial charge in [0.25, 0.3) is 11.5 Å². The van der Waals surface area contributed by atoms with E-state index in [0.29, 0.717) is 36.1 Å². The average molecular weight is 452 g/mol. The van der Waals surface area contributed by atoms with E-state index in [4.69, 9.17) is 4.42 Å². The monoisotopic (exact) mass is 452 g/mol. The van der Waals surface area contributed by atoms with Crippen molar-refractivity contribution in [1.82, 2.24) is 29.5 Å². The molecule has 0 radical (unpaired) electrons. The smallest absolute Gasteiger partial charge is 0.281 e. The number of fused-ring (bicyclic) bond motifs is 1. The molecule has 11 nitrogen and oxygen atoms in total. The Hall–Kier alpha value is -4.22. The van der Waals surface area contributed by atoms with Gasteiger partial charge in [-0.15, -0.1) is 0 Å². The van der Waals surface area contributed by atoms with Gasteiger partial charge in [0.15, 0.2) is 12.0 Å². The Morgan fingerprint density at radius 3 is 2.85 bits per heavy atom. The maximum Gasteiger partial charge on any atom is 0.281 e. The van der Waals surface area contributed by atoms with E-state index in [1.165, 1.54) is 21.7 Å². The van der Waals surface area contributed by atoms with Gasteiger partial charge in [-0.2, -0.15) is 9.61 Å². The summed E-state index contributed by atoms with van der Waals surface area (Å²) in [6.45, 7) is 1.74. The maximum atomic E-state index is 13.6. The number of amides is 1. The zero-order chi connectivity index (χ0) is 23.1. The number of carbonyl (C=O) groups is 1. The van der Waals surface area contributed by atoms with Crippen LogP contribution in [0.5, 0.6) is 0 Å². The molecule has 1 fully saturated rings. The van der Waals surface area contributed by atoms with Crippen molar-refractivity contribution >= 4 is 28.9 Å². The third-order valence-corrected chi connectivity index (χ3v) is 5.63. The van der Waals surface area contributed by atoms with Gasteiger partial charge in [0.05, 0.1) is 12.2 Å². The highest BCUT2D eigenvalue weighted by Gasteiger charge is 2.33. The van der Waals surface area contributed by atoms with E-state index in [0.717, 1.165) is 0 Å². The first-order valence-electron chi connectivity index (χ1n) is 10.4. The molecule has 2 atom stereocenters. The minimum atomic E-state index is -1.04. The number of carbonyl (C=O) groups excluding carboxylic acids is 1. The first-order chi connectivity index (χ1) is 16.0. The van der Waals surface area contributed by atoms with Crippen LogP contribution in [-0.4, -0.2) is 49.3 Å². The van der Waals surface area contributed by atoms with Crippen LogP contribution in [0.25, 0.3) is 11.5 Å². The number of rotatable bonds is 6. The van der Waals surface area contributed by atoms with E-state index in [2.05, 4.69) is 31.0 Å². The molecule has 4 aromatic heterocycles. The third-order valence-electron chi connectivity index (χ3n) is 5.63. The highest BCUT2D eigenvalue weighted by molar-refractivity contribution is 6.00. The largest absolute Gasteiger partial charge is 0.427 e. The number of oxazole rings is 1. The number of hydrogen-bond acceptors (Lipinski definition) is 8. The van der Waals surface area contributed by atoms with Crippen molar-refractivity contribution in [2.75, 3.05) is 17.7 Å². The van der Waals surface area contributed by atoms with Gasteiger partial charge >= 0.3 is 0 Å². The Labute approximate surface area is 186 Å². The SMILES string of the molecule is CNc1cc(Nc2cccn(-c3ocnc3C)c2=O)nc2c(C(=O)NC3CC[C@@H]3F)cnn12. The minimum absolute atomic E-state index is 0.206. The Morgan fingerprint density at radius 1 is 1.33 bits per heavy atom. The maximum absolute atomic E-state index is 13.6. The summed E-state index contributed by atoms with van der Waals surface area (Å²) in [5.41, 5.74) is 0.919. The van der Waals surface area contributed by atoms with E-state index in [1.807, 2.05) is 0 Å². The minimum Gasteiger partial charge on any atom is -0.427 e. The number of anilines is 3. The fraction of sp³-hybridized carbons (Fsp3) is 0.286. The number of nitrogens with one attached hydrogen (secondary N) is 3. The second-order valence-electron chi connectivity index (χ2n) is 7.71. The van der Waals surface area contributed by atoms with Gasteiger partial charge in [-0.05, 0) is 31.9 Å². The highest BCUT2D eigenvalue weighted by Crippen LogP contribution is 2.25. The van der Waals surface area contributed by atoms with Crippen LogP contribution in [0, 0.1) is 6.92 Å². The molecule has 4 heterocycles. The molecular formula is C21H21FN8O3. The quantitative estimate of drug-likeness (QED) is 0.406.